The topological polar surface area (TPSA) is 45.1 Å². The van der Waals surface area contributed by atoms with Crippen molar-refractivity contribution in [1.82, 2.24) is 4.98 Å². The van der Waals surface area contributed by atoms with Crippen LogP contribution < -0.4 is 5.32 Å². The van der Waals surface area contributed by atoms with Crippen LogP contribution in [0, 0.1) is 0 Å². The van der Waals surface area contributed by atoms with Gasteiger partial charge in [0.15, 0.2) is 0 Å². The summed E-state index contributed by atoms with van der Waals surface area (Å²) in [6.45, 7) is 0.544. The minimum atomic E-state index is 0.294. The van der Waals surface area contributed by atoms with E-state index in [0.29, 0.717) is 12.3 Å². The van der Waals surface area contributed by atoms with E-state index in [4.69, 9.17) is 0 Å². The zero-order valence-corrected chi connectivity index (χ0v) is 10.1. The van der Waals surface area contributed by atoms with Gasteiger partial charge in [0, 0.05) is 18.3 Å². The highest BCUT2D eigenvalue weighted by molar-refractivity contribution is 9.10. The molecule has 0 aliphatic rings. The van der Waals surface area contributed by atoms with Crippen molar-refractivity contribution in [2.75, 3.05) is 5.32 Å². The van der Waals surface area contributed by atoms with Crippen molar-refractivity contribution in [2.45, 2.75) is 6.54 Å². The number of phenols is 1. The van der Waals surface area contributed by atoms with Gasteiger partial charge in [0.05, 0.1) is 4.47 Å². The summed E-state index contributed by atoms with van der Waals surface area (Å²) in [7, 11) is 0. The predicted octanol–water partition coefficient (Wildman–Crippen LogP) is 3.16. The van der Waals surface area contributed by atoms with Gasteiger partial charge in [-0.3, -0.25) is 0 Å². The maximum atomic E-state index is 9.59. The number of aromatic hydroxyl groups is 1. The molecule has 0 amide bonds. The molecule has 2 N–H and O–H groups in total. The Balaban J connectivity index is 2.09. The van der Waals surface area contributed by atoms with Crippen molar-refractivity contribution < 1.29 is 5.11 Å². The number of halogens is 1. The molecule has 0 fully saturated rings. The van der Waals surface area contributed by atoms with Crippen LogP contribution in [0.25, 0.3) is 0 Å². The summed E-state index contributed by atoms with van der Waals surface area (Å²) in [5, 5.41) is 12.7. The number of aromatic nitrogens is 1. The second-order valence-electron chi connectivity index (χ2n) is 3.32. The van der Waals surface area contributed by atoms with Gasteiger partial charge in [-0.2, -0.15) is 0 Å². The van der Waals surface area contributed by atoms with Gasteiger partial charge in [-0.25, -0.2) is 4.98 Å². The number of hydrogen-bond acceptors (Lipinski definition) is 3. The molecule has 0 aliphatic carbocycles. The summed E-state index contributed by atoms with van der Waals surface area (Å²) < 4.78 is 0.908. The Kier molecular flexibility index (Phi) is 3.41. The Morgan fingerprint density at radius 2 is 2.00 bits per heavy atom. The van der Waals surface area contributed by atoms with Crippen molar-refractivity contribution in [3.05, 3.63) is 52.6 Å². The molecule has 16 heavy (non-hydrogen) atoms. The average Bonchev–Trinajstić information content (AvgIpc) is 2.30. The molecule has 0 aliphatic heterocycles. The third-order valence-electron chi connectivity index (χ3n) is 2.20. The zero-order chi connectivity index (χ0) is 11.4. The van der Waals surface area contributed by atoms with Crippen LogP contribution in [0.4, 0.5) is 5.82 Å². The molecule has 4 heteroatoms. The highest BCUT2D eigenvalue weighted by Crippen LogP contribution is 2.21. The molecule has 1 aromatic carbocycles. The number of para-hydroxylation sites is 1. The van der Waals surface area contributed by atoms with E-state index in [1.165, 1.54) is 0 Å². The number of nitrogens with one attached hydrogen (secondary N) is 1. The predicted molar refractivity (Wildman–Crippen MR) is 67.4 cm³/mol. The Hall–Kier alpha value is -1.55. The summed E-state index contributed by atoms with van der Waals surface area (Å²) >= 11 is 3.40. The number of phenolic OH excluding ortho intramolecular Hbond substituents is 1. The summed E-state index contributed by atoms with van der Waals surface area (Å²) in [6, 6.07) is 11.0. The second-order valence-corrected chi connectivity index (χ2v) is 4.17. The van der Waals surface area contributed by atoms with E-state index in [2.05, 4.69) is 26.2 Å². The molecule has 1 aromatic heterocycles. The molecule has 0 saturated heterocycles. The van der Waals surface area contributed by atoms with Crippen LogP contribution in [0.15, 0.2) is 47.1 Å². The third kappa shape index (κ3) is 2.52. The fourth-order valence-electron chi connectivity index (χ4n) is 1.36. The van der Waals surface area contributed by atoms with Crippen LogP contribution in [-0.2, 0) is 6.54 Å². The second kappa shape index (κ2) is 4.99. The first-order valence-electron chi connectivity index (χ1n) is 4.88. The summed E-state index contributed by atoms with van der Waals surface area (Å²) in [5.41, 5.74) is 0.847. The van der Waals surface area contributed by atoms with E-state index in [0.717, 1.165) is 15.9 Å². The summed E-state index contributed by atoms with van der Waals surface area (Å²) in [6.07, 6.45) is 1.72. The van der Waals surface area contributed by atoms with Crippen LogP contribution in [-0.4, -0.2) is 10.1 Å². The molecule has 0 saturated carbocycles. The maximum absolute atomic E-state index is 9.59. The van der Waals surface area contributed by atoms with Gasteiger partial charge in [-0.15, -0.1) is 0 Å². The highest BCUT2D eigenvalue weighted by atomic mass is 79.9. The Morgan fingerprint density at radius 1 is 1.19 bits per heavy atom. The van der Waals surface area contributed by atoms with Gasteiger partial charge < -0.3 is 10.4 Å². The fourth-order valence-corrected chi connectivity index (χ4v) is 1.75. The molecule has 2 aromatic rings. The number of anilines is 1. The van der Waals surface area contributed by atoms with E-state index in [-0.39, 0.29) is 0 Å². The van der Waals surface area contributed by atoms with E-state index < -0.39 is 0 Å². The first kappa shape index (κ1) is 11.0. The first-order valence-corrected chi connectivity index (χ1v) is 5.68. The van der Waals surface area contributed by atoms with E-state index >= 15 is 0 Å². The van der Waals surface area contributed by atoms with Gasteiger partial charge in [-0.05, 0) is 34.1 Å². The standard InChI is InChI=1S/C12H11BrN2O/c13-10-5-3-7-14-12(10)15-8-9-4-1-2-6-11(9)16/h1-7,16H,8H2,(H,14,15). The van der Waals surface area contributed by atoms with Gasteiger partial charge in [0.25, 0.3) is 0 Å². The van der Waals surface area contributed by atoms with Crippen molar-refractivity contribution in [1.29, 1.82) is 0 Å². The minimum absolute atomic E-state index is 0.294. The molecule has 0 radical (unpaired) electrons. The number of pyridine rings is 1. The van der Waals surface area contributed by atoms with Crippen molar-refractivity contribution in [2.24, 2.45) is 0 Å². The minimum Gasteiger partial charge on any atom is -0.508 e. The van der Waals surface area contributed by atoms with Crippen molar-refractivity contribution >= 4 is 21.7 Å². The van der Waals surface area contributed by atoms with Crippen LogP contribution in [0.1, 0.15) is 5.56 Å². The third-order valence-corrected chi connectivity index (χ3v) is 2.84. The van der Waals surface area contributed by atoms with E-state index in [9.17, 15) is 5.11 Å². The molecule has 1 heterocycles. The normalized spacial score (nSPS) is 10.1. The Bertz CT molecular complexity index is 442. The fraction of sp³-hybridized carbons (Fsp3) is 0.0833. The van der Waals surface area contributed by atoms with Crippen LogP contribution in [0.3, 0.4) is 0 Å². The lowest BCUT2D eigenvalue weighted by atomic mass is 10.2. The Labute approximate surface area is 102 Å². The summed E-state index contributed by atoms with van der Waals surface area (Å²) in [5.74, 6) is 1.06. The van der Waals surface area contributed by atoms with Gasteiger partial charge >= 0.3 is 0 Å². The molecular weight excluding hydrogens is 268 g/mol. The molecule has 2 rings (SSSR count). The van der Waals surface area contributed by atoms with Crippen molar-refractivity contribution in [3.8, 4) is 5.75 Å². The van der Waals surface area contributed by atoms with Crippen LogP contribution in [0.2, 0.25) is 0 Å². The highest BCUT2D eigenvalue weighted by Gasteiger charge is 2.02. The quantitative estimate of drug-likeness (QED) is 0.907. The molecule has 0 bridgehead atoms. The van der Waals surface area contributed by atoms with E-state index in [1.54, 1.807) is 18.3 Å². The molecule has 0 atom stereocenters. The molecule has 3 nitrogen and oxygen atoms in total. The van der Waals surface area contributed by atoms with Crippen molar-refractivity contribution in [3.63, 3.8) is 0 Å². The van der Waals surface area contributed by atoms with Crippen LogP contribution in [0.5, 0.6) is 5.75 Å². The maximum Gasteiger partial charge on any atom is 0.140 e. The lowest BCUT2D eigenvalue weighted by molar-refractivity contribution is 0.469. The smallest absolute Gasteiger partial charge is 0.140 e. The monoisotopic (exact) mass is 278 g/mol. The summed E-state index contributed by atoms with van der Waals surface area (Å²) in [4.78, 5) is 4.18. The SMILES string of the molecule is Oc1ccccc1CNc1ncccc1Br. The van der Waals surface area contributed by atoms with Gasteiger partial charge in [0.2, 0.25) is 0 Å². The zero-order valence-electron chi connectivity index (χ0n) is 8.52. The number of rotatable bonds is 3. The molecule has 82 valence electrons. The first-order chi connectivity index (χ1) is 7.77. The molecular formula is C12H11BrN2O. The lowest BCUT2D eigenvalue weighted by Gasteiger charge is -2.08. The van der Waals surface area contributed by atoms with Crippen LogP contribution >= 0.6 is 15.9 Å². The molecule has 0 spiro atoms. The largest absolute Gasteiger partial charge is 0.508 e. The van der Waals surface area contributed by atoms with Gasteiger partial charge in [0.1, 0.15) is 11.6 Å². The van der Waals surface area contributed by atoms with E-state index in [1.807, 2.05) is 24.3 Å². The number of hydrogen-bond donors (Lipinski definition) is 2. The number of benzene rings is 1. The lowest BCUT2D eigenvalue weighted by Crippen LogP contribution is -2.01. The molecule has 0 unspecified atom stereocenters. The average molecular weight is 279 g/mol. The number of nitrogens with zero attached hydrogens (tertiary/aromatic N) is 1. The Morgan fingerprint density at radius 3 is 2.75 bits per heavy atom. The van der Waals surface area contributed by atoms with Gasteiger partial charge in [-0.1, -0.05) is 18.2 Å².